The highest BCUT2D eigenvalue weighted by Crippen LogP contribution is 2.55. The molecule has 12 heavy (non-hydrogen) atoms. The molecular formula is C11H22O. The standard InChI is InChI=1S/C7H10O.2C2H6/c1-2-5-3-4(1)6-7(5)8-6;2*1-2/h4-7H,1-3H2;2*1-2H3. The summed E-state index contributed by atoms with van der Waals surface area (Å²) in [6, 6.07) is 0. The van der Waals surface area contributed by atoms with Gasteiger partial charge in [0.15, 0.2) is 0 Å². The van der Waals surface area contributed by atoms with Crippen molar-refractivity contribution in [1.29, 1.82) is 0 Å². The Balaban J connectivity index is 0.000000162. The highest BCUT2D eigenvalue weighted by Gasteiger charge is 2.59. The van der Waals surface area contributed by atoms with Crippen LogP contribution in [0.15, 0.2) is 0 Å². The van der Waals surface area contributed by atoms with Crippen LogP contribution in [-0.4, -0.2) is 12.2 Å². The van der Waals surface area contributed by atoms with E-state index in [1.807, 2.05) is 27.7 Å². The molecule has 3 aliphatic rings. The topological polar surface area (TPSA) is 12.5 Å². The molecule has 1 nitrogen and oxygen atoms in total. The van der Waals surface area contributed by atoms with Crippen molar-refractivity contribution >= 4 is 0 Å². The van der Waals surface area contributed by atoms with E-state index >= 15 is 0 Å². The fourth-order valence-corrected chi connectivity index (χ4v) is 2.54. The number of fused-ring (bicyclic) bond motifs is 5. The predicted molar refractivity (Wildman–Crippen MR) is 52.2 cm³/mol. The maximum Gasteiger partial charge on any atom is 0.0872 e. The summed E-state index contributed by atoms with van der Waals surface area (Å²) in [6.07, 6.45) is 5.91. The van der Waals surface area contributed by atoms with Crippen molar-refractivity contribution in [2.24, 2.45) is 11.8 Å². The largest absolute Gasteiger partial charge is 0.369 e. The first-order chi connectivity index (χ1) is 5.95. The van der Waals surface area contributed by atoms with Gasteiger partial charge >= 0.3 is 0 Å². The zero-order valence-electron chi connectivity index (χ0n) is 8.84. The molecular weight excluding hydrogens is 148 g/mol. The molecule has 1 aliphatic heterocycles. The van der Waals surface area contributed by atoms with Gasteiger partial charge in [0.2, 0.25) is 0 Å². The van der Waals surface area contributed by atoms with Crippen LogP contribution in [0.3, 0.4) is 0 Å². The molecule has 0 aromatic carbocycles. The van der Waals surface area contributed by atoms with Gasteiger partial charge in [-0.25, -0.2) is 0 Å². The van der Waals surface area contributed by atoms with Crippen LogP contribution < -0.4 is 0 Å². The Morgan fingerprint density at radius 2 is 1.25 bits per heavy atom. The van der Waals surface area contributed by atoms with E-state index in [1.165, 1.54) is 19.3 Å². The van der Waals surface area contributed by atoms with Crippen LogP contribution in [0, 0.1) is 11.8 Å². The van der Waals surface area contributed by atoms with E-state index in [2.05, 4.69) is 0 Å². The van der Waals surface area contributed by atoms with Crippen LogP contribution in [0.2, 0.25) is 0 Å². The van der Waals surface area contributed by atoms with Crippen molar-refractivity contribution in [3.8, 4) is 0 Å². The highest BCUT2D eigenvalue weighted by atomic mass is 16.6. The Kier molecular flexibility index (Phi) is 3.57. The summed E-state index contributed by atoms with van der Waals surface area (Å²) >= 11 is 0. The summed E-state index contributed by atoms with van der Waals surface area (Å²) in [5.41, 5.74) is 0. The Morgan fingerprint density at radius 3 is 1.50 bits per heavy atom. The molecule has 2 aliphatic carbocycles. The first-order valence-electron chi connectivity index (χ1n) is 5.60. The van der Waals surface area contributed by atoms with E-state index in [1.54, 1.807) is 0 Å². The van der Waals surface area contributed by atoms with E-state index < -0.39 is 0 Å². The third-order valence-corrected chi connectivity index (χ3v) is 3.00. The predicted octanol–water partition coefficient (Wildman–Crippen LogP) is 3.24. The zero-order valence-corrected chi connectivity index (χ0v) is 8.84. The lowest BCUT2D eigenvalue weighted by atomic mass is 10.0. The fraction of sp³-hybridized carbons (Fsp3) is 1.00. The Morgan fingerprint density at radius 1 is 0.833 bits per heavy atom. The Bertz CT molecular complexity index is 119. The molecule has 3 rings (SSSR count). The van der Waals surface area contributed by atoms with Crippen LogP contribution in [0.1, 0.15) is 47.0 Å². The number of rotatable bonds is 0. The Labute approximate surface area is 76.5 Å². The number of hydrogen-bond donors (Lipinski definition) is 0. The average molecular weight is 170 g/mol. The quantitative estimate of drug-likeness (QED) is 0.508. The summed E-state index contributed by atoms with van der Waals surface area (Å²) in [4.78, 5) is 0. The summed E-state index contributed by atoms with van der Waals surface area (Å²) in [5, 5.41) is 0. The maximum atomic E-state index is 5.44. The molecule has 4 atom stereocenters. The summed E-state index contributed by atoms with van der Waals surface area (Å²) in [5.74, 6) is 1.98. The Hall–Kier alpha value is -0.0400. The van der Waals surface area contributed by atoms with Gasteiger partial charge in [-0.1, -0.05) is 27.7 Å². The second-order valence-corrected chi connectivity index (χ2v) is 3.40. The highest BCUT2D eigenvalue weighted by molar-refractivity contribution is 5.07. The molecule has 72 valence electrons. The summed E-state index contributed by atoms with van der Waals surface area (Å²) in [6.45, 7) is 8.00. The fourth-order valence-electron chi connectivity index (χ4n) is 2.54. The van der Waals surface area contributed by atoms with Crippen LogP contribution in [0.4, 0.5) is 0 Å². The van der Waals surface area contributed by atoms with Gasteiger partial charge in [0.25, 0.3) is 0 Å². The van der Waals surface area contributed by atoms with Gasteiger partial charge in [-0.15, -0.1) is 0 Å². The van der Waals surface area contributed by atoms with Gasteiger partial charge in [0, 0.05) is 0 Å². The van der Waals surface area contributed by atoms with Crippen molar-refractivity contribution in [2.75, 3.05) is 0 Å². The summed E-state index contributed by atoms with van der Waals surface area (Å²) in [7, 11) is 0. The second kappa shape index (κ2) is 4.27. The SMILES string of the molecule is C1CC2CC1C1OC21.CC.CC. The minimum atomic E-state index is 0.744. The number of ether oxygens (including phenoxy) is 1. The first-order valence-corrected chi connectivity index (χ1v) is 5.60. The molecule has 1 heterocycles. The molecule has 0 radical (unpaired) electrons. The molecule has 0 aromatic rings. The lowest BCUT2D eigenvalue weighted by molar-refractivity contribution is 0.264. The number of epoxide rings is 1. The van der Waals surface area contributed by atoms with Gasteiger partial charge in [-0.2, -0.15) is 0 Å². The molecule has 1 heteroatoms. The van der Waals surface area contributed by atoms with E-state index in [0.29, 0.717) is 0 Å². The molecule has 0 spiro atoms. The van der Waals surface area contributed by atoms with E-state index in [-0.39, 0.29) is 0 Å². The van der Waals surface area contributed by atoms with Crippen molar-refractivity contribution in [2.45, 2.75) is 59.2 Å². The van der Waals surface area contributed by atoms with Crippen molar-refractivity contribution in [3.05, 3.63) is 0 Å². The maximum absolute atomic E-state index is 5.44. The van der Waals surface area contributed by atoms with E-state index in [4.69, 9.17) is 4.74 Å². The molecule has 0 aromatic heterocycles. The lowest BCUT2D eigenvalue weighted by Gasteiger charge is -1.99. The third kappa shape index (κ3) is 1.52. The zero-order chi connectivity index (χ0) is 9.14. The average Bonchev–Trinajstić information content (AvgIpc) is 2.77. The van der Waals surface area contributed by atoms with Crippen molar-refractivity contribution in [1.82, 2.24) is 0 Å². The minimum absolute atomic E-state index is 0.744. The van der Waals surface area contributed by atoms with E-state index in [0.717, 1.165) is 24.0 Å². The second-order valence-electron chi connectivity index (χ2n) is 3.40. The van der Waals surface area contributed by atoms with Crippen molar-refractivity contribution in [3.63, 3.8) is 0 Å². The first kappa shape index (κ1) is 10.0. The molecule has 3 fully saturated rings. The van der Waals surface area contributed by atoms with Gasteiger partial charge < -0.3 is 4.74 Å². The third-order valence-electron chi connectivity index (χ3n) is 3.00. The number of hydrogen-bond acceptors (Lipinski definition) is 1. The van der Waals surface area contributed by atoms with E-state index in [9.17, 15) is 0 Å². The van der Waals surface area contributed by atoms with Crippen LogP contribution in [0.5, 0.6) is 0 Å². The van der Waals surface area contributed by atoms with Crippen LogP contribution in [-0.2, 0) is 4.74 Å². The summed E-state index contributed by atoms with van der Waals surface area (Å²) < 4.78 is 5.44. The molecule has 2 saturated carbocycles. The van der Waals surface area contributed by atoms with Gasteiger partial charge in [0.05, 0.1) is 12.2 Å². The van der Waals surface area contributed by atoms with Crippen LogP contribution in [0.25, 0.3) is 0 Å². The molecule has 1 saturated heterocycles. The monoisotopic (exact) mass is 170 g/mol. The van der Waals surface area contributed by atoms with Crippen LogP contribution >= 0.6 is 0 Å². The molecule has 0 amide bonds. The van der Waals surface area contributed by atoms with Crippen molar-refractivity contribution < 1.29 is 4.74 Å². The van der Waals surface area contributed by atoms with Gasteiger partial charge in [0.1, 0.15) is 0 Å². The van der Waals surface area contributed by atoms with Gasteiger partial charge in [-0.05, 0) is 31.1 Å². The molecule has 2 bridgehead atoms. The normalized spacial score (nSPS) is 45.0. The lowest BCUT2D eigenvalue weighted by Crippen LogP contribution is -2.04. The molecule has 0 N–H and O–H groups in total. The molecule has 4 unspecified atom stereocenters. The smallest absolute Gasteiger partial charge is 0.0872 e. The van der Waals surface area contributed by atoms with Gasteiger partial charge in [-0.3, -0.25) is 0 Å². The minimum Gasteiger partial charge on any atom is -0.369 e.